The summed E-state index contributed by atoms with van der Waals surface area (Å²) < 4.78 is 55.8. The van der Waals surface area contributed by atoms with Gasteiger partial charge in [0, 0.05) is 5.56 Å². The van der Waals surface area contributed by atoms with Gasteiger partial charge in [-0.3, -0.25) is 14.2 Å². The van der Waals surface area contributed by atoms with Crippen molar-refractivity contribution in [2.24, 2.45) is 0 Å². The molecule has 8 nitrogen and oxygen atoms in total. The SMILES string of the molecule is CC(C)S(=O)(=O)Nc1ccsc1-c1cc(CC(=O)O)c(-c2ccccc2)c(NS(=O)(=O)C(C)C)c1. The molecule has 0 aliphatic carbocycles. The molecule has 0 saturated carbocycles. The van der Waals surface area contributed by atoms with Crippen molar-refractivity contribution in [1.29, 1.82) is 0 Å². The maximum atomic E-state index is 12.8. The first-order valence-electron chi connectivity index (χ1n) is 10.9. The molecule has 3 rings (SSSR count). The van der Waals surface area contributed by atoms with Crippen molar-refractivity contribution >= 4 is 48.7 Å². The number of carboxylic acid groups (broad SMARTS) is 1. The third-order valence-corrected chi connectivity index (χ3v) is 9.75. The summed E-state index contributed by atoms with van der Waals surface area (Å²) in [5, 5.41) is 9.94. The number of carboxylic acids is 1. The van der Waals surface area contributed by atoms with Crippen LogP contribution in [0.1, 0.15) is 33.3 Å². The Morgan fingerprint density at radius 2 is 1.43 bits per heavy atom. The third kappa shape index (κ3) is 6.22. The van der Waals surface area contributed by atoms with E-state index in [1.54, 1.807) is 75.5 Å². The van der Waals surface area contributed by atoms with E-state index >= 15 is 0 Å². The highest BCUT2D eigenvalue weighted by Crippen LogP contribution is 2.41. The summed E-state index contributed by atoms with van der Waals surface area (Å²) in [5.74, 6) is -1.08. The van der Waals surface area contributed by atoms with Crippen molar-refractivity contribution in [3.05, 3.63) is 59.5 Å². The zero-order chi connectivity index (χ0) is 26.0. The summed E-state index contributed by atoms with van der Waals surface area (Å²) in [5.41, 5.74) is 2.58. The van der Waals surface area contributed by atoms with Crippen LogP contribution in [0, 0.1) is 0 Å². The summed E-state index contributed by atoms with van der Waals surface area (Å²) in [7, 11) is -7.40. The van der Waals surface area contributed by atoms with Gasteiger partial charge in [0.1, 0.15) is 0 Å². The molecule has 0 fully saturated rings. The molecule has 0 unspecified atom stereocenters. The molecule has 0 saturated heterocycles. The molecule has 0 spiro atoms. The minimum atomic E-state index is -3.77. The van der Waals surface area contributed by atoms with Gasteiger partial charge in [-0.25, -0.2) is 16.8 Å². The van der Waals surface area contributed by atoms with Crippen molar-refractivity contribution in [2.45, 2.75) is 44.6 Å². The van der Waals surface area contributed by atoms with E-state index in [-0.39, 0.29) is 12.1 Å². The number of nitrogens with one attached hydrogen (secondary N) is 2. The number of benzene rings is 2. The number of hydrogen-bond donors (Lipinski definition) is 3. The first-order chi connectivity index (χ1) is 16.3. The monoisotopic (exact) mass is 536 g/mol. The zero-order valence-electron chi connectivity index (χ0n) is 19.8. The standard InChI is InChI=1S/C24H28N2O6S3/c1-15(2)34(29,30)25-20-10-11-33-24(20)19-12-18(14-22(27)28)23(17-8-6-5-7-9-17)21(13-19)26-35(31,32)16(3)4/h5-13,15-16,25-26H,14H2,1-4H3,(H,27,28). The number of carbonyl (C=O) groups is 1. The second kappa shape index (κ2) is 10.4. The number of aliphatic carboxylic acids is 1. The van der Waals surface area contributed by atoms with Crippen LogP contribution in [0.3, 0.4) is 0 Å². The second-order valence-corrected chi connectivity index (χ2v) is 13.9. The Kier molecular flexibility index (Phi) is 7.93. The van der Waals surface area contributed by atoms with Gasteiger partial charge >= 0.3 is 5.97 Å². The van der Waals surface area contributed by atoms with E-state index in [0.717, 1.165) is 0 Å². The second-order valence-electron chi connectivity index (χ2n) is 8.55. The van der Waals surface area contributed by atoms with Crippen LogP contribution in [0.2, 0.25) is 0 Å². The lowest BCUT2D eigenvalue weighted by atomic mass is 9.93. The van der Waals surface area contributed by atoms with Crippen LogP contribution in [0.15, 0.2) is 53.9 Å². The summed E-state index contributed by atoms with van der Waals surface area (Å²) in [6.07, 6.45) is -0.354. The van der Waals surface area contributed by atoms with E-state index in [1.807, 2.05) is 6.07 Å². The van der Waals surface area contributed by atoms with Crippen molar-refractivity contribution in [3.63, 3.8) is 0 Å². The van der Waals surface area contributed by atoms with Gasteiger partial charge in [0.05, 0.1) is 33.2 Å². The van der Waals surface area contributed by atoms with Gasteiger partial charge in [-0.05, 0) is 68.0 Å². The average molecular weight is 537 g/mol. The Balaban J connectivity index is 2.29. The predicted octanol–water partition coefficient (Wildman–Crippen LogP) is 5.01. The van der Waals surface area contributed by atoms with Gasteiger partial charge in [0.15, 0.2) is 0 Å². The topological polar surface area (TPSA) is 130 Å². The molecule has 0 amide bonds. The lowest BCUT2D eigenvalue weighted by Gasteiger charge is -2.20. The number of hydrogen-bond acceptors (Lipinski definition) is 6. The third-order valence-electron chi connectivity index (χ3n) is 5.30. The van der Waals surface area contributed by atoms with E-state index in [4.69, 9.17) is 0 Å². The van der Waals surface area contributed by atoms with E-state index in [1.165, 1.54) is 11.3 Å². The molecular weight excluding hydrogens is 508 g/mol. The van der Waals surface area contributed by atoms with Crippen LogP contribution in [0.25, 0.3) is 21.6 Å². The van der Waals surface area contributed by atoms with Gasteiger partial charge in [-0.2, -0.15) is 0 Å². The first-order valence-corrected chi connectivity index (χ1v) is 14.8. The quantitative estimate of drug-likeness (QED) is 0.334. The van der Waals surface area contributed by atoms with E-state index in [2.05, 4.69) is 9.44 Å². The summed E-state index contributed by atoms with van der Waals surface area (Å²) >= 11 is 1.27. The first kappa shape index (κ1) is 26.7. The van der Waals surface area contributed by atoms with Crippen molar-refractivity contribution in [3.8, 4) is 21.6 Å². The number of thiophene rings is 1. The van der Waals surface area contributed by atoms with Crippen LogP contribution in [-0.2, 0) is 31.3 Å². The lowest BCUT2D eigenvalue weighted by molar-refractivity contribution is -0.136. The molecule has 0 atom stereocenters. The number of sulfonamides is 2. The molecule has 11 heteroatoms. The molecule has 188 valence electrons. The highest BCUT2D eigenvalue weighted by atomic mass is 32.2. The Morgan fingerprint density at radius 1 is 0.857 bits per heavy atom. The maximum absolute atomic E-state index is 12.8. The molecule has 0 aliphatic rings. The Morgan fingerprint density at radius 3 is 1.97 bits per heavy atom. The number of rotatable bonds is 10. The average Bonchev–Trinajstić information content (AvgIpc) is 3.20. The van der Waals surface area contributed by atoms with Gasteiger partial charge < -0.3 is 5.11 Å². The van der Waals surface area contributed by atoms with Crippen LogP contribution < -0.4 is 9.44 Å². The van der Waals surface area contributed by atoms with Crippen molar-refractivity contribution in [1.82, 2.24) is 0 Å². The Bertz CT molecular complexity index is 1430. The number of anilines is 2. The molecule has 1 aromatic heterocycles. The molecule has 35 heavy (non-hydrogen) atoms. The highest BCUT2D eigenvalue weighted by Gasteiger charge is 2.24. The lowest BCUT2D eigenvalue weighted by Crippen LogP contribution is -2.23. The van der Waals surface area contributed by atoms with E-state index < -0.39 is 36.5 Å². The normalized spacial score (nSPS) is 12.2. The Labute approximate surface area is 210 Å². The summed E-state index contributed by atoms with van der Waals surface area (Å²) in [4.78, 5) is 12.3. The molecule has 1 heterocycles. The largest absolute Gasteiger partial charge is 0.481 e. The Hall–Kier alpha value is -2.89. The highest BCUT2D eigenvalue weighted by molar-refractivity contribution is 7.93. The van der Waals surface area contributed by atoms with Crippen LogP contribution in [0.5, 0.6) is 0 Å². The summed E-state index contributed by atoms with van der Waals surface area (Å²) in [6, 6.07) is 13.8. The van der Waals surface area contributed by atoms with Crippen molar-refractivity contribution < 1.29 is 26.7 Å². The van der Waals surface area contributed by atoms with Gasteiger partial charge in [-0.15, -0.1) is 11.3 Å². The van der Waals surface area contributed by atoms with Gasteiger partial charge in [0.25, 0.3) is 0 Å². The predicted molar refractivity (Wildman–Crippen MR) is 142 cm³/mol. The smallest absolute Gasteiger partial charge is 0.307 e. The van der Waals surface area contributed by atoms with Crippen molar-refractivity contribution in [2.75, 3.05) is 9.44 Å². The molecular formula is C24H28N2O6S3. The minimum Gasteiger partial charge on any atom is -0.481 e. The van der Waals surface area contributed by atoms with Gasteiger partial charge in [0.2, 0.25) is 20.0 Å². The fourth-order valence-corrected chi connectivity index (χ4v) is 5.64. The van der Waals surface area contributed by atoms with Crippen LogP contribution >= 0.6 is 11.3 Å². The van der Waals surface area contributed by atoms with E-state index in [9.17, 15) is 26.7 Å². The molecule has 0 bridgehead atoms. The molecule has 0 radical (unpaired) electrons. The van der Waals surface area contributed by atoms with Crippen LogP contribution in [0.4, 0.5) is 11.4 Å². The zero-order valence-corrected chi connectivity index (χ0v) is 22.2. The maximum Gasteiger partial charge on any atom is 0.307 e. The molecule has 3 aromatic rings. The summed E-state index contributed by atoms with van der Waals surface area (Å²) in [6.45, 7) is 6.22. The fourth-order valence-electron chi connectivity index (χ4n) is 3.32. The fraction of sp³-hybridized carbons (Fsp3) is 0.292. The van der Waals surface area contributed by atoms with E-state index in [0.29, 0.717) is 32.8 Å². The van der Waals surface area contributed by atoms with Gasteiger partial charge in [-0.1, -0.05) is 30.3 Å². The molecule has 3 N–H and O–H groups in total. The molecule has 2 aromatic carbocycles. The molecule has 0 aliphatic heterocycles. The minimum absolute atomic E-state index is 0.227. The van der Waals surface area contributed by atoms with Crippen LogP contribution in [-0.4, -0.2) is 38.4 Å².